The Balaban J connectivity index is 2.03. The first-order valence-electron chi connectivity index (χ1n) is 6.68. The first-order valence-corrected chi connectivity index (χ1v) is 8.16. The van der Waals surface area contributed by atoms with Gasteiger partial charge in [-0.15, -0.1) is 13.2 Å². The molecule has 0 spiro atoms. The summed E-state index contributed by atoms with van der Waals surface area (Å²) in [5, 5.41) is 10.1. The Hall–Kier alpha value is -1.32. The highest BCUT2D eigenvalue weighted by Gasteiger charge is 2.33. The molecule has 1 aromatic rings. The van der Waals surface area contributed by atoms with Crippen molar-refractivity contribution < 1.29 is 31.4 Å². The number of aliphatic hydroxyl groups is 1. The van der Waals surface area contributed by atoms with Crippen molar-refractivity contribution in [2.75, 3.05) is 6.54 Å². The van der Waals surface area contributed by atoms with Crippen molar-refractivity contribution in [3.63, 3.8) is 0 Å². The molecule has 0 atom stereocenters. The zero-order valence-electron chi connectivity index (χ0n) is 11.6. The van der Waals surface area contributed by atoms with Crippen LogP contribution >= 0.6 is 0 Å². The summed E-state index contributed by atoms with van der Waals surface area (Å²) in [5.74, 6) is -0.499. The Labute approximate surface area is 126 Å². The van der Waals surface area contributed by atoms with E-state index in [1.807, 2.05) is 0 Å². The van der Waals surface area contributed by atoms with Gasteiger partial charge in [0, 0.05) is 6.54 Å². The van der Waals surface area contributed by atoms with Crippen molar-refractivity contribution in [2.45, 2.75) is 42.5 Å². The quantitative estimate of drug-likeness (QED) is 0.862. The minimum atomic E-state index is -4.83. The molecule has 2 N–H and O–H groups in total. The van der Waals surface area contributed by atoms with Gasteiger partial charge in [-0.1, -0.05) is 12.8 Å². The minimum Gasteiger partial charge on any atom is -0.406 e. The predicted octanol–water partition coefficient (Wildman–Crippen LogP) is 2.17. The molecule has 0 unspecified atom stereocenters. The van der Waals surface area contributed by atoms with Gasteiger partial charge in [-0.25, -0.2) is 13.1 Å². The first kappa shape index (κ1) is 17.0. The van der Waals surface area contributed by atoms with Crippen molar-refractivity contribution in [2.24, 2.45) is 0 Å². The Bertz CT molecular complexity index is 607. The third-order valence-corrected chi connectivity index (χ3v) is 4.91. The summed E-state index contributed by atoms with van der Waals surface area (Å²) in [5.41, 5.74) is -1.05. The van der Waals surface area contributed by atoms with Gasteiger partial charge in [0.15, 0.2) is 0 Å². The number of halogens is 3. The van der Waals surface area contributed by atoms with Gasteiger partial charge in [0.2, 0.25) is 10.0 Å². The lowest BCUT2D eigenvalue weighted by Crippen LogP contribution is -2.40. The standard InChI is InChI=1S/C13H16F3NO4S/c14-13(15,16)21-10-3-5-11(6-4-10)22(19,20)17-9-12(18)7-1-2-8-12/h3-6,17-18H,1-2,7-9H2. The molecule has 0 heterocycles. The summed E-state index contributed by atoms with van der Waals surface area (Å²) in [6.45, 7) is -0.115. The molecule has 0 saturated heterocycles. The molecule has 1 fully saturated rings. The van der Waals surface area contributed by atoms with Crippen LogP contribution in [0.5, 0.6) is 5.75 Å². The Kier molecular flexibility index (Phi) is 4.69. The predicted molar refractivity (Wildman–Crippen MR) is 71.7 cm³/mol. The van der Waals surface area contributed by atoms with Crippen LogP contribution < -0.4 is 9.46 Å². The Morgan fingerprint density at radius 3 is 2.23 bits per heavy atom. The topological polar surface area (TPSA) is 75.6 Å². The van der Waals surface area contributed by atoms with Gasteiger partial charge < -0.3 is 9.84 Å². The molecule has 22 heavy (non-hydrogen) atoms. The van der Waals surface area contributed by atoms with Crippen LogP contribution in [-0.2, 0) is 10.0 Å². The largest absolute Gasteiger partial charge is 0.573 e. The van der Waals surface area contributed by atoms with E-state index in [-0.39, 0.29) is 11.4 Å². The van der Waals surface area contributed by atoms with Gasteiger partial charge in [-0.2, -0.15) is 0 Å². The molecule has 1 saturated carbocycles. The van der Waals surface area contributed by atoms with Crippen molar-refractivity contribution >= 4 is 10.0 Å². The van der Waals surface area contributed by atoms with Gasteiger partial charge >= 0.3 is 6.36 Å². The molecular formula is C13H16F3NO4S. The zero-order chi connectivity index (χ0) is 16.4. The first-order chi connectivity index (χ1) is 10.1. The lowest BCUT2D eigenvalue weighted by Gasteiger charge is -2.22. The van der Waals surface area contributed by atoms with Crippen LogP contribution in [0, 0.1) is 0 Å². The minimum absolute atomic E-state index is 0.115. The monoisotopic (exact) mass is 339 g/mol. The zero-order valence-corrected chi connectivity index (χ0v) is 12.4. The van der Waals surface area contributed by atoms with Gasteiger partial charge in [-0.05, 0) is 37.1 Å². The molecule has 0 aliphatic heterocycles. The molecule has 2 rings (SSSR count). The fourth-order valence-electron chi connectivity index (χ4n) is 2.34. The van der Waals surface area contributed by atoms with Crippen LogP contribution in [0.15, 0.2) is 29.2 Å². The average Bonchev–Trinajstić information content (AvgIpc) is 2.83. The highest BCUT2D eigenvalue weighted by molar-refractivity contribution is 7.89. The van der Waals surface area contributed by atoms with Crippen molar-refractivity contribution in [3.05, 3.63) is 24.3 Å². The van der Waals surface area contributed by atoms with E-state index in [0.717, 1.165) is 37.1 Å². The third-order valence-electron chi connectivity index (χ3n) is 3.49. The maximum atomic E-state index is 12.0. The molecule has 0 radical (unpaired) electrons. The van der Waals surface area contributed by atoms with E-state index in [9.17, 15) is 26.7 Å². The number of hydrogen-bond donors (Lipinski definition) is 2. The number of ether oxygens (including phenoxy) is 1. The van der Waals surface area contributed by atoms with Crippen LogP contribution in [-0.4, -0.2) is 32.0 Å². The maximum Gasteiger partial charge on any atom is 0.573 e. The van der Waals surface area contributed by atoms with E-state index in [4.69, 9.17) is 0 Å². The second kappa shape index (κ2) is 6.05. The fraction of sp³-hybridized carbons (Fsp3) is 0.538. The second-order valence-electron chi connectivity index (χ2n) is 5.28. The normalized spacial score (nSPS) is 18.4. The summed E-state index contributed by atoms with van der Waals surface area (Å²) in [4.78, 5) is -0.191. The summed E-state index contributed by atoms with van der Waals surface area (Å²) in [7, 11) is -3.89. The molecule has 9 heteroatoms. The van der Waals surface area contributed by atoms with Crippen molar-refractivity contribution in [1.29, 1.82) is 0 Å². The maximum absolute atomic E-state index is 12.0. The summed E-state index contributed by atoms with van der Waals surface area (Å²) in [6, 6.07) is 3.88. The number of sulfonamides is 1. The van der Waals surface area contributed by atoms with E-state index >= 15 is 0 Å². The highest BCUT2D eigenvalue weighted by atomic mass is 32.2. The number of hydrogen-bond acceptors (Lipinski definition) is 4. The molecule has 0 amide bonds. The second-order valence-corrected chi connectivity index (χ2v) is 7.04. The number of rotatable bonds is 5. The lowest BCUT2D eigenvalue weighted by atomic mass is 10.0. The van der Waals surface area contributed by atoms with Gasteiger partial charge in [0.05, 0.1) is 10.5 Å². The number of alkyl halides is 3. The number of benzene rings is 1. The van der Waals surface area contributed by atoms with E-state index in [1.165, 1.54) is 0 Å². The number of nitrogens with one attached hydrogen (secondary N) is 1. The SMILES string of the molecule is O=S(=O)(NCC1(O)CCCC1)c1ccc(OC(F)(F)F)cc1. The molecule has 0 aromatic heterocycles. The van der Waals surface area contributed by atoms with Crippen LogP contribution in [0.2, 0.25) is 0 Å². The van der Waals surface area contributed by atoms with E-state index in [1.54, 1.807) is 0 Å². The molecule has 5 nitrogen and oxygen atoms in total. The molecule has 0 bridgehead atoms. The average molecular weight is 339 g/mol. The van der Waals surface area contributed by atoms with Crippen LogP contribution in [0.25, 0.3) is 0 Å². The fourth-order valence-corrected chi connectivity index (χ4v) is 3.46. The van der Waals surface area contributed by atoms with E-state index in [0.29, 0.717) is 12.8 Å². The molecule has 1 aliphatic carbocycles. The van der Waals surface area contributed by atoms with Gasteiger partial charge in [0.1, 0.15) is 5.75 Å². The molecule has 1 aliphatic rings. The van der Waals surface area contributed by atoms with Crippen LogP contribution in [0.4, 0.5) is 13.2 Å². The Morgan fingerprint density at radius 2 is 1.73 bits per heavy atom. The summed E-state index contributed by atoms with van der Waals surface area (Å²) < 4.78 is 66.1. The molecule has 1 aromatic carbocycles. The Morgan fingerprint density at radius 1 is 1.18 bits per heavy atom. The molecular weight excluding hydrogens is 323 g/mol. The van der Waals surface area contributed by atoms with Crippen molar-refractivity contribution in [3.8, 4) is 5.75 Å². The smallest absolute Gasteiger partial charge is 0.406 e. The van der Waals surface area contributed by atoms with E-state index < -0.39 is 27.7 Å². The van der Waals surface area contributed by atoms with Crippen LogP contribution in [0.1, 0.15) is 25.7 Å². The van der Waals surface area contributed by atoms with Gasteiger partial charge in [-0.3, -0.25) is 0 Å². The van der Waals surface area contributed by atoms with E-state index in [2.05, 4.69) is 9.46 Å². The summed E-state index contributed by atoms with van der Waals surface area (Å²) in [6.07, 6.45) is -2.12. The van der Waals surface area contributed by atoms with Crippen LogP contribution in [0.3, 0.4) is 0 Å². The summed E-state index contributed by atoms with van der Waals surface area (Å²) >= 11 is 0. The van der Waals surface area contributed by atoms with Gasteiger partial charge in [0.25, 0.3) is 0 Å². The highest BCUT2D eigenvalue weighted by Crippen LogP contribution is 2.29. The molecule has 124 valence electrons. The van der Waals surface area contributed by atoms with Crippen molar-refractivity contribution in [1.82, 2.24) is 4.72 Å². The third kappa shape index (κ3) is 4.59. The lowest BCUT2D eigenvalue weighted by molar-refractivity contribution is -0.274.